The molecule has 0 bridgehead atoms. The molecule has 0 aromatic heterocycles. The van der Waals surface area contributed by atoms with Crippen molar-refractivity contribution >= 4 is 27.5 Å². The van der Waals surface area contributed by atoms with Crippen LogP contribution < -0.4 is 0 Å². The Morgan fingerprint density at radius 2 is 1.58 bits per heavy atom. The van der Waals surface area contributed by atoms with Crippen molar-refractivity contribution in [1.82, 2.24) is 0 Å². The standard InChI is InChI=1S/C7H3BrClF3/c1-2-5(10)4(9)3(8)7(12)6(2)11/h1H3. The van der Waals surface area contributed by atoms with E-state index < -0.39 is 28.0 Å². The van der Waals surface area contributed by atoms with Gasteiger partial charge in [-0.05, 0) is 22.9 Å². The highest BCUT2D eigenvalue weighted by molar-refractivity contribution is 9.10. The number of hydrogen-bond donors (Lipinski definition) is 0. The summed E-state index contributed by atoms with van der Waals surface area (Å²) in [6.07, 6.45) is 0. The van der Waals surface area contributed by atoms with E-state index >= 15 is 0 Å². The van der Waals surface area contributed by atoms with Crippen molar-refractivity contribution in [3.8, 4) is 0 Å². The summed E-state index contributed by atoms with van der Waals surface area (Å²) in [7, 11) is 0. The Bertz CT molecular complexity index is 233. The van der Waals surface area contributed by atoms with Crippen molar-refractivity contribution in [2.24, 2.45) is 0 Å². The highest BCUT2D eigenvalue weighted by Crippen LogP contribution is 2.32. The van der Waals surface area contributed by atoms with E-state index in [4.69, 9.17) is 11.6 Å². The van der Waals surface area contributed by atoms with Crippen molar-refractivity contribution in [1.29, 1.82) is 0 Å². The van der Waals surface area contributed by atoms with Crippen molar-refractivity contribution in [2.75, 3.05) is 0 Å². The van der Waals surface area contributed by atoms with E-state index in [2.05, 4.69) is 15.9 Å². The molecule has 0 radical (unpaired) electrons. The quantitative estimate of drug-likeness (QED) is 0.491. The van der Waals surface area contributed by atoms with E-state index in [-0.39, 0.29) is 4.47 Å². The molecule has 0 aliphatic heterocycles. The van der Waals surface area contributed by atoms with E-state index in [1.54, 1.807) is 0 Å². The van der Waals surface area contributed by atoms with E-state index in [9.17, 15) is 13.2 Å². The van der Waals surface area contributed by atoms with Crippen LogP contribution in [0, 0.1) is 24.4 Å². The molecule has 66 valence electrons. The average Bonchev–Trinajstić information content (AvgIpc) is 2.08. The molecule has 0 N–H and O–H groups in total. The molecule has 12 heavy (non-hydrogen) atoms. The zero-order valence-corrected chi connectivity index (χ0v) is 8.23. The molecular weight excluding hydrogens is 256 g/mol. The van der Waals surface area contributed by atoms with Crippen LogP contribution in [0.3, 0.4) is 0 Å². The fourth-order valence-electron chi connectivity index (χ4n) is 0.715. The number of benzene rings is 1. The molecule has 1 rings (SSSR count). The van der Waals surface area contributed by atoms with Gasteiger partial charge in [0.1, 0.15) is 5.82 Å². The van der Waals surface area contributed by atoms with Gasteiger partial charge in [-0.15, -0.1) is 0 Å². The number of halogens is 5. The fraction of sp³-hybridized carbons (Fsp3) is 0.143. The minimum Gasteiger partial charge on any atom is -0.205 e. The molecule has 5 heteroatoms. The third kappa shape index (κ3) is 1.33. The van der Waals surface area contributed by atoms with Crippen molar-refractivity contribution in [3.05, 3.63) is 32.5 Å². The highest BCUT2D eigenvalue weighted by atomic mass is 79.9. The smallest absolute Gasteiger partial charge is 0.174 e. The van der Waals surface area contributed by atoms with Crippen LogP contribution in [0.15, 0.2) is 4.47 Å². The van der Waals surface area contributed by atoms with Gasteiger partial charge in [0.05, 0.1) is 9.50 Å². The summed E-state index contributed by atoms with van der Waals surface area (Å²) in [5.74, 6) is -3.33. The Kier molecular flexibility index (Phi) is 2.68. The Labute approximate surface area is 80.5 Å². The molecule has 0 aliphatic carbocycles. The summed E-state index contributed by atoms with van der Waals surface area (Å²) in [5, 5.41) is -0.439. The van der Waals surface area contributed by atoms with E-state index in [1.165, 1.54) is 0 Å². The maximum absolute atomic E-state index is 12.9. The van der Waals surface area contributed by atoms with Crippen LogP contribution in [0.2, 0.25) is 5.02 Å². The predicted octanol–water partition coefficient (Wildman–Crippen LogP) is 3.83. The summed E-state index contributed by atoms with van der Waals surface area (Å²) >= 11 is 7.96. The largest absolute Gasteiger partial charge is 0.205 e. The van der Waals surface area contributed by atoms with E-state index in [0.717, 1.165) is 6.92 Å². The average molecular weight is 259 g/mol. The molecule has 0 nitrogen and oxygen atoms in total. The first kappa shape index (κ1) is 9.86. The van der Waals surface area contributed by atoms with Crippen molar-refractivity contribution in [3.63, 3.8) is 0 Å². The lowest BCUT2D eigenvalue weighted by Crippen LogP contribution is -1.96. The van der Waals surface area contributed by atoms with Gasteiger partial charge in [0, 0.05) is 5.56 Å². The van der Waals surface area contributed by atoms with Crippen molar-refractivity contribution < 1.29 is 13.2 Å². The summed E-state index contributed by atoms with van der Waals surface area (Å²) < 4.78 is 38.0. The first-order valence-corrected chi connectivity index (χ1v) is 4.12. The Morgan fingerprint density at radius 1 is 1.08 bits per heavy atom. The number of hydrogen-bond acceptors (Lipinski definition) is 0. The van der Waals surface area contributed by atoms with Crippen LogP contribution in [-0.2, 0) is 0 Å². The first-order valence-electron chi connectivity index (χ1n) is 2.94. The molecule has 0 spiro atoms. The van der Waals surface area contributed by atoms with Gasteiger partial charge in [0.15, 0.2) is 11.6 Å². The zero-order valence-electron chi connectivity index (χ0n) is 5.89. The molecule has 0 saturated heterocycles. The second-order valence-electron chi connectivity index (χ2n) is 2.19. The maximum atomic E-state index is 12.9. The SMILES string of the molecule is Cc1c(F)c(F)c(Br)c(Cl)c1F. The van der Waals surface area contributed by atoms with Gasteiger partial charge in [0.25, 0.3) is 0 Å². The van der Waals surface area contributed by atoms with Crippen LogP contribution >= 0.6 is 27.5 Å². The molecule has 1 aromatic carbocycles. The minimum absolute atomic E-state index is 0.384. The van der Waals surface area contributed by atoms with E-state index in [1.807, 2.05) is 0 Å². The third-order valence-corrected chi connectivity index (χ3v) is 2.76. The molecule has 0 fully saturated rings. The van der Waals surface area contributed by atoms with E-state index in [0.29, 0.717) is 0 Å². The normalized spacial score (nSPS) is 10.5. The van der Waals surface area contributed by atoms with Gasteiger partial charge in [-0.25, -0.2) is 13.2 Å². The second kappa shape index (κ2) is 3.26. The fourth-order valence-corrected chi connectivity index (χ4v) is 1.29. The van der Waals surface area contributed by atoms with Gasteiger partial charge >= 0.3 is 0 Å². The maximum Gasteiger partial charge on any atom is 0.174 e. The topological polar surface area (TPSA) is 0 Å². The molecule has 0 aliphatic rings. The predicted molar refractivity (Wildman–Crippen MR) is 43.8 cm³/mol. The Hall–Kier alpha value is -0.220. The van der Waals surface area contributed by atoms with Crippen LogP contribution in [0.25, 0.3) is 0 Å². The lowest BCUT2D eigenvalue weighted by Gasteiger charge is -2.04. The molecule has 0 unspecified atom stereocenters. The van der Waals surface area contributed by atoms with Crippen molar-refractivity contribution in [2.45, 2.75) is 6.92 Å². The molecule has 1 aromatic rings. The summed E-state index contributed by atoms with van der Waals surface area (Å²) in [6, 6.07) is 0. The highest BCUT2D eigenvalue weighted by Gasteiger charge is 2.19. The summed E-state index contributed by atoms with van der Waals surface area (Å²) in [4.78, 5) is 0. The van der Waals surface area contributed by atoms with Crippen LogP contribution in [-0.4, -0.2) is 0 Å². The van der Waals surface area contributed by atoms with Gasteiger partial charge in [-0.1, -0.05) is 11.6 Å². The second-order valence-corrected chi connectivity index (χ2v) is 3.37. The molecule has 0 atom stereocenters. The third-order valence-electron chi connectivity index (χ3n) is 1.43. The summed E-state index contributed by atoms with van der Waals surface area (Å²) in [5.41, 5.74) is -0.416. The van der Waals surface area contributed by atoms with Gasteiger partial charge < -0.3 is 0 Å². The van der Waals surface area contributed by atoms with Gasteiger partial charge in [-0.3, -0.25) is 0 Å². The molecule has 0 amide bonds. The minimum atomic E-state index is -1.22. The lowest BCUT2D eigenvalue weighted by molar-refractivity contribution is 0.482. The Morgan fingerprint density at radius 3 is 2.08 bits per heavy atom. The van der Waals surface area contributed by atoms with Gasteiger partial charge in [0.2, 0.25) is 0 Å². The zero-order chi connectivity index (χ0) is 9.46. The van der Waals surface area contributed by atoms with Crippen LogP contribution in [0.1, 0.15) is 5.56 Å². The van der Waals surface area contributed by atoms with Gasteiger partial charge in [-0.2, -0.15) is 0 Å². The molecule has 0 saturated carbocycles. The Balaban J connectivity index is 3.60. The lowest BCUT2D eigenvalue weighted by atomic mass is 10.2. The molecular formula is C7H3BrClF3. The van der Waals surface area contributed by atoms with Crippen LogP contribution in [0.4, 0.5) is 13.2 Å². The first-order chi connectivity index (χ1) is 5.46. The summed E-state index contributed by atoms with van der Waals surface area (Å²) in [6.45, 7) is 1.12. The number of rotatable bonds is 0. The molecule has 0 heterocycles. The van der Waals surface area contributed by atoms with Crippen LogP contribution in [0.5, 0.6) is 0 Å². The monoisotopic (exact) mass is 258 g/mol.